The van der Waals surface area contributed by atoms with Gasteiger partial charge < -0.3 is 9.84 Å². The summed E-state index contributed by atoms with van der Waals surface area (Å²) < 4.78 is 5.57. The topological polar surface area (TPSA) is 122 Å². The van der Waals surface area contributed by atoms with Crippen LogP contribution in [-0.2, 0) is 14.4 Å². The Kier molecular flexibility index (Phi) is 6.07. The number of nitro benzene ring substituents is 1. The highest BCUT2D eigenvalue weighted by Crippen LogP contribution is 2.50. The van der Waals surface area contributed by atoms with Crippen molar-refractivity contribution in [3.05, 3.63) is 85.8 Å². The number of amides is 2. The van der Waals surface area contributed by atoms with Gasteiger partial charge in [0.1, 0.15) is 5.92 Å². The number of non-ortho nitro benzene ring substituents is 1. The number of carbonyl (C=O) groups excluding carboxylic acids is 2. The molecule has 2 heterocycles. The predicted octanol–water partition coefficient (Wildman–Crippen LogP) is 4.78. The van der Waals surface area contributed by atoms with Crippen LogP contribution in [0.5, 0.6) is 11.5 Å². The van der Waals surface area contributed by atoms with Gasteiger partial charge in [0.15, 0.2) is 17.6 Å². The first kappa shape index (κ1) is 24.0. The van der Waals surface area contributed by atoms with Gasteiger partial charge in [0.25, 0.3) is 11.6 Å². The van der Waals surface area contributed by atoms with Crippen molar-refractivity contribution in [1.82, 2.24) is 0 Å². The van der Waals surface area contributed by atoms with Gasteiger partial charge in [-0.1, -0.05) is 23.7 Å². The molecule has 0 bridgehead atoms. The summed E-state index contributed by atoms with van der Waals surface area (Å²) in [5.41, 5.74) is 0.876. The van der Waals surface area contributed by atoms with Crippen molar-refractivity contribution >= 4 is 56.4 Å². The van der Waals surface area contributed by atoms with Gasteiger partial charge in [0, 0.05) is 17.2 Å². The number of hydrogen-bond donors (Lipinski definition) is 1. The number of nitro groups is 1. The van der Waals surface area contributed by atoms with Crippen LogP contribution in [0.25, 0.3) is 0 Å². The molecule has 184 valence electrons. The number of phenolic OH excluding ortho intramolecular Hbond substituents is 1. The predicted molar refractivity (Wildman–Crippen MR) is 133 cm³/mol. The largest absolute Gasteiger partial charge is 0.503 e. The third-order valence-corrected chi connectivity index (χ3v) is 6.93. The lowest BCUT2D eigenvalue weighted by Crippen LogP contribution is -2.37. The second-order valence-electron chi connectivity index (χ2n) is 8.14. The summed E-state index contributed by atoms with van der Waals surface area (Å²) in [6.07, 6.45) is -1.20. The number of anilines is 2. The fraction of sp³-hybridized carbons (Fsp3) is 0.167. The van der Waals surface area contributed by atoms with E-state index in [1.165, 1.54) is 42.5 Å². The molecule has 2 aliphatic rings. The number of hydrogen-bond acceptors (Lipinski definition) is 8. The average Bonchev–Trinajstić information content (AvgIpc) is 3.36. The first-order valence-corrected chi connectivity index (χ1v) is 11.8. The summed E-state index contributed by atoms with van der Waals surface area (Å²) in [5, 5.41) is 23.4. The maximum Gasteiger partial charge on any atom is 0.271 e. The maximum atomic E-state index is 13.7. The van der Waals surface area contributed by atoms with E-state index >= 15 is 0 Å². The number of carbonyl (C=O) groups is 2. The molecule has 5 rings (SSSR count). The summed E-state index contributed by atoms with van der Waals surface area (Å²) >= 11 is 9.38. The second kappa shape index (κ2) is 9.08. The highest BCUT2D eigenvalue weighted by molar-refractivity contribution is 9.10. The van der Waals surface area contributed by atoms with Gasteiger partial charge >= 0.3 is 0 Å². The van der Waals surface area contributed by atoms with Crippen LogP contribution in [0.4, 0.5) is 17.1 Å². The van der Waals surface area contributed by atoms with E-state index in [4.69, 9.17) is 21.2 Å². The number of imide groups is 1. The Bertz CT molecular complexity index is 1420. The number of halogens is 2. The van der Waals surface area contributed by atoms with Gasteiger partial charge in [-0.15, -0.1) is 0 Å². The Morgan fingerprint density at radius 2 is 1.81 bits per heavy atom. The van der Waals surface area contributed by atoms with Crippen molar-refractivity contribution in [2.75, 3.05) is 17.1 Å². The standard InChI is InChI=1S/C24H17BrClN3O7/c1-35-18-9-12(8-17(25)21(18)30)20-19-22(36-28(20)15-6-3-7-16(11-15)29(33)34)24(32)27(23(19)31)14-5-2-4-13(26)10-14/h2-11,19-20,22,30H,1H3/t19-,20-,22+/m1/s1. The third kappa shape index (κ3) is 3.85. The second-order valence-corrected chi connectivity index (χ2v) is 9.44. The van der Waals surface area contributed by atoms with Crippen molar-refractivity contribution in [1.29, 1.82) is 0 Å². The molecule has 0 spiro atoms. The van der Waals surface area contributed by atoms with Crippen molar-refractivity contribution in [2.45, 2.75) is 12.1 Å². The molecule has 0 radical (unpaired) electrons. The Hall–Kier alpha value is -3.67. The lowest BCUT2D eigenvalue weighted by atomic mass is 9.90. The van der Waals surface area contributed by atoms with E-state index in [1.54, 1.807) is 30.3 Å². The van der Waals surface area contributed by atoms with Crippen LogP contribution >= 0.6 is 27.5 Å². The molecule has 1 N–H and O–H groups in total. The fourth-order valence-corrected chi connectivity index (χ4v) is 5.16. The molecule has 10 nitrogen and oxygen atoms in total. The van der Waals surface area contributed by atoms with Crippen molar-refractivity contribution < 1.29 is 29.2 Å². The van der Waals surface area contributed by atoms with Crippen molar-refractivity contribution in [3.8, 4) is 11.5 Å². The molecule has 12 heteroatoms. The lowest BCUT2D eigenvalue weighted by molar-refractivity contribution is -0.384. The van der Waals surface area contributed by atoms with Crippen LogP contribution in [0.3, 0.4) is 0 Å². The van der Waals surface area contributed by atoms with E-state index < -0.39 is 34.8 Å². The minimum Gasteiger partial charge on any atom is -0.503 e. The number of rotatable bonds is 5. The highest BCUT2D eigenvalue weighted by Gasteiger charge is 2.60. The minimum absolute atomic E-state index is 0.130. The van der Waals surface area contributed by atoms with Gasteiger partial charge in [0.05, 0.1) is 33.9 Å². The molecule has 0 aromatic heterocycles. The molecular formula is C24H17BrClN3O7. The van der Waals surface area contributed by atoms with Gasteiger partial charge in [0.2, 0.25) is 5.91 Å². The molecule has 3 aromatic rings. The Morgan fingerprint density at radius 3 is 2.50 bits per heavy atom. The molecule has 2 amide bonds. The Balaban J connectivity index is 1.65. The zero-order chi connectivity index (χ0) is 25.7. The number of nitrogens with zero attached hydrogens (tertiary/aromatic N) is 3. The van der Waals surface area contributed by atoms with Crippen LogP contribution < -0.4 is 14.7 Å². The SMILES string of the molecule is COc1cc([C@@H]2[C@H]3C(=O)N(c4cccc(Cl)c4)C(=O)[C@H]3ON2c2cccc([N+](=O)[O-])c2)cc(Br)c1O. The monoisotopic (exact) mass is 573 g/mol. The normalized spacial score (nSPS) is 21.1. The lowest BCUT2D eigenvalue weighted by Gasteiger charge is -2.29. The van der Waals surface area contributed by atoms with Crippen LogP contribution in [0.1, 0.15) is 11.6 Å². The molecule has 2 aliphatic heterocycles. The van der Waals surface area contributed by atoms with E-state index in [0.717, 1.165) is 4.90 Å². The zero-order valence-corrected chi connectivity index (χ0v) is 20.8. The third-order valence-electron chi connectivity index (χ3n) is 6.09. The molecule has 3 atom stereocenters. The molecule has 0 saturated carbocycles. The highest BCUT2D eigenvalue weighted by atomic mass is 79.9. The van der Waals surface area contributed by atoms with E-state index in [-0.39, 0.29) is 22.9 Å². The average molecular weight is 575 g/mol. The molecular weight excluding hydrogens is 558 g/mol. The van der Waals surface area contributed by atoms with E-state index in [9.17, 15) is 24.8 Å². The summed E-state index contributed by atoms with van der Waals surface area (Å²) in [4.78, 5) is 45.0. The van der Waals surface area contributed by atoms with Gasteiger partial charge in [-0.25, -0.2) is 9.96 Å². The van der Waals surface area contributed by atoms with Gasteiger partial charge in [-0.3, -0.25) is 24.5 Å². The maximum absolute atomic E-state index is 13.7. The molecule has 3 aromatic carbocycles. The number of ether oxygens (including phenoxy) is 1. The number of aromatic hydroxyl groups is 1. The summed E-state index contributed by atoms with van der Waals surface area (Å²) in [6.45, 7) is 0. The number of phenols is 1. The van der Waals surface area contributed by atoms with E-state index in [1.807, 2.05) is 0 Å². The molecule has 0 unspecified atom stereocenters. The summed E-state index contributed by atoms with van der Waals surface area (Å²) in [7, 11) is 1.38. The van der Waals surface area contributed by atoms with E-state index in [2.05, 4.69) is 15.9 Å². The summed E-state index contributed by atoms with van der Waals surface area (Å²) in [5.74, 6) is -2.13. The van der Waals surface area contributed by atoms with E-state index in [0.29, 0.717) is 20.7 Å². The zero-order valence-electron chi connectivity index (χ0n) is 18.5. The fourth-order valence-electron chi connectivity index (χ4n) is 4.51. The first-order valence-electron chi connectivity index (χ1n) is 10.6. The Labute approximate surface area is 217 Å². The number of hydroxylamine groups is 1. The molecule has 2 fully saturated rings. The smallest absolute Gasteiger partial charge is 0.271 e. The Morgan fingerprint density at radius 1 is 1.08 bits per heavy atom. The first-order chi connectivity index (χ1) is 17.2. The number of fused-ring (bicyclic) bond motifs is 1. The molecule has 0 aliphatic carbocycles. The molecule has 2 saturated heterocycles. The number of methoxy groups -OCH3 is 1. The van der Waals surface area contributed by atoms with Crippen LogP contribution in [-0.4, -0.2) is 35.1 Å². The molecule has 36 heavy (non-hydrogen) atoms. The van der Waals surface area contributed by atoms with Crippen LogP contribution in [0.15, 0.2) is 65.1 Å². The van der Waals surface area contributed by atoms with Gasteiger partial charge in [-0.2, -0.15) is 0 Å². The number of benzene rings is 3. The van der Waals surface area contributed by atoms with Crippen molar-refractivity contribution in [2.24, 2.45) is 5.92 Å². The minimum atomic E-state index is -1.20. The van der Waals surface area contributed by atoms with Crippen molar-refractivity contribution in [3.63, 3.8) is 0 Å². The van der Waals surface area contributed by atoms with Gasteiger partial charge in [-0.05, 0) is 57.9 Å². The van der Waals surface area contributed by atoms with Crippen LogP contribution in [0, 0.1) is 16.0 Å². The summed E-state index contributed by atoms with van der Waals surface area (Å²) in [6, 6.07) is 14.3. The van der Waals surface area contributed by atoms with Crippen LogP contribution in [0.2, 0.25) is 5.02 Å². The quantitative estimate of drug-likeness (QED) is 0.263.